The van der Waals surface area contributed by atoms with Gasteiger partial charge in [0.25, 0.3) is 0 Å². The number of pyridine rings is 1. The number of amides is 2. The van der Waals surface area contributed by atoms with Crippen LogP contribution >= 0.6 is 0 Å². The lowest BCUT2D eigenvalue weighted by Crippen LogP contribution is -2.65. The van der Waals surface area contributed by atoms with Crippen LogP contribution in [-0.4, -0.2) is 41.6 Å². The van der Waals surface area contributed by atoms with Gasteiger partial charge in [-0.2, -0.15) is 4.31 Å². The number of hydrazine groups is 1. The molecule has 1 aromatic heterocycles. The maximum absolute atomic E-state index is 12.7. The number of hydrogen-bond acceptors (Lipinski definition) is 7. The molecule has 0 radical (unpaired) electrons. The third-order valence-electron chi connectivity index (χ3n) is 3.19. The van der Waals surface area contributed by atoms with Crippen LogP contribution < -0.4 is 16.6 Å². The van der Waals surface area contributed by atoms with Crippen LogP contribution in [0.15, 0.2) is 23.2 Å². The fraction of sp³-hybridized carbons (Fsp3) is 0.364. The second-order valence-corrected chi connectivity index (χ2v) is 6.77. The molecule has 2 rings (SSSR count). The number of nitrogens with zero attached hydrogens (tertiary/aromatic N) is 2. The van der Waals surface area contributed by atoms with E-state index in [4.69, 9.17) is 5.84 Å². The molecule has 1 aromatic rings. The quantitative estimate of drug-likeness (QED) is 0.362. The molecule has 0 saturated carbocycles. The highest BCUT2D eigenvalue weighted by Gasteiger charge is 2.48. The van der Waals surface area contributed by atoms with Gasteiger partial charge in [-0.3, -0.25) is 14.9 Å². The predicted octanol–water partition coefficient (Wildman–Crippen LogP) is -1.21. The Morgan fingerprint density at radius 1 is 1.43 bits per heavy atom. The van der Waals surface area contributed by atoms with E-state index in [2.05, 4.69) is 15.7 Å². The van der Waals surface area contributed by atoms with Crippen LogP contribution in [0.3, 0.4) is 0 Å². The van der Waals surface area contributed by atoms with E-state index in [0.29, 0.717) is 0 Å². The lowest BCUT2D eigenvalue weighted by Gasteiger charge is -2.38. The Bertz CT molecular complexity index is 700. The summed E-state index contributed by atoms with van der Waals surface area (Å²) in [5.41, 5.74) is 0.780. The standard InChI is InChI=1S/C11H15N5O4S/c1-11(2)10(18)14-8(17)6-16(11)21(19,20)7-4-3-5-13-9(7)15-12/h3-5H,6,12H2,1-2H3,(H,13,15)(H,14,17,18). The third-order valence-corrected chi connectivity index (χ3v) is 5.25. The number of piperazine rings is 1. The van der Waals surface area contributed by atoms with Crippen LogP contribution in [0, 0.1) is 0 Å². The zero-order valence-corrected chi connectivity index (χ0v) is 12.3. The Morgan fingerprint density at radius 3 is 2.71 bits per heavy atom. The van der Waals surface area contributed by atoms with Crippen LogP contribution in [0.2, 0.25) is 0 Å². The number of aromatic nitrogens is 1. The predicted molar refractivity (Wildman–Crippen MR) is 73.2 cm³/mol. The van der Waals surface area contributed by atoms with Crippen molar-refractivity contribution < 1.29 is 18.0 Å². The smallest absolute Gasteiger partial charge is 0.248 e. The number of nitrogen functional groups attached to an aromatic ring is 1. The van der Waals surface area contributed by atoms with E-state index in [-0.39, 0.29) is 10.7 Å². The zero-order valence-electron chi connectivity index (χ0n) is 11.5. The molecule has 0 bridgehead atoms. The Hall–Kier alpha value is -2.04. The summed E-state index contributed by atoms with van der Waals surface area (Å²) >= 11 is 0. The monoisotopic (exact) mass is 313 g/mol. The van der Waals surface area contributed by atoms with Crippen molar-refractivity contribution in [3.8, 4) is 0 Å². The van der Waals surface area contributed by atoms with Crippen molar-refractivity contribution in [2.24, 2.45) is 5.84 Å². The van der Waals surface area contributed by atoms with Gasteiger partial charge in [0.15, 0.2) is 5.82 Å². The molecular formula is C11H15N5O4S. The summed E-state index contributed by atoms with van der Waals surface area (Å²) in [6.45, 7) is 2.37. The molecule has 0 aromatic carbocycles. The number of sulfonamides is 1. The normalized spacial score (nSPS) is 19.2. The van der Waals surface area contributed by atoms with Crippen molar-refractivity contribution in [2.75, 3.05) is 12.0 Å². The fourth-order valence-corrected chi connectivity index (χ4v) is 3.79. The molecule has 0 unspecified atom stereocenters. The zero-order chi connectivity index (χ0) is 15.8. The molecule has 2 heterocycles. The molecule has 1 fully saturated rings. The molecule has 9 nitrogen and oxygen atoms in total. The number of carbonyl (C=O) groups is 2. The van der Waals surface area contributed by atoms with Crippen LogP contribution in [-0.2, 0) is 19.6 Å². The topological polar surface area (TPSA) is 134 Å². The number of carbonyl (C=O) groups excluding carboxylic acids is 2. The number of imide groups is 1. The first kappa shape index (κ1) is 15.4. The highest BCUT2D eigenvalue weighted by Crippen LogP contribution is 2.29. The number of anilines is 1. The van der Waals surface area contributed by atoms with E-state index in [1.807, 2.05) is 0 Å². The number of nitrogens with one attached hydrogen (secondary N) is 2. The molecule has 10 heteroatoms. The minimum absolute atomic E-state index is 0.0632. The summed E-state index contributed by atoms with van der Waals surface area (Å²) in [6, 6.07) is 2.72. The molecule has 0 atom stereocenters. The van der Waals surface area contributed by atoms with Gasteiger partial charge >= 0.3 is 0 Å². The molecule has 0 aliphatic carbocycles. The Balaban J connectivity index is 2.57. The molecule has 4 N–H and O–H groups in total. The van der Waals surface area contributed by atoms with Gasteiger partial charge in [-0.05, 0) is 26.0 Å². The summed E-state index contributed by atoms with van der Waals surface area (Å²) in [4.78, 5) is 27.0. The molecule has 2 amide bonds. The molecule has 0 spiro atoms. The first-order valence-corrected chi connectivity index (χ1v) is 7.44. The largest absolute Gasteiger partial charge is 0.307 e. The first-order chi connectivity index (χ1) is 9.71. The summed E-state index contributed by atoms with van der Waals surface area (Å²) in [5.74, 6) is 3.82. The number of nitrogens with two attached hydrogens (primary N) is 1. The van der Waals surface area contributed by atoms with Crippen molar-refractivity contribution >= 4 is 27.7 Å². The molecule has 1 aliphatic rings. The van der Waals surface area contributed by atoms with Crippen LogP contribution in [0.5, 0.6) is 0 Å². The van der Waals surface area contributed by atoms with Crippen LogP contribution in [0.4, 0.5) is 5.82 Å². The van der Waals surface area contributed by atoms with E-state index in [0.717, 1.165) is 4.31 Å². The Labute approximate surface area is 121 Å². The molecule has 1 saturated heterocycles. The highest BCUT2D eigenvalue weighted by atomic mass is 32.2. The van der Waals surface area contributed by atoms with Gasteiger partial charge in [-0.25, -0.2) is 19.2 Å². The minimum Gasteiger partial charge on any atom is -0.307 e. The Morgan fingerprint density at radius 2 is 2.10 bits per heavy atom. The van der Waals surface area contributed by atoms with Gasteiger partial charge in [0, 0.05) is 6.20 Å². The fourth-order valence-electron chi connectivity index (χ4n) is 1.97. The van der Waals surface area contributed by atoms with Crippen molar-refractivity contribution in [3.05, 3.63) is 18.3 Å². The molecule has 114 valence electrons. The lowest BCUT2D eigenvalue weighted by molar-refractivity contribution is -0.141. The lowest BCUT2D eigenvalue weighted by atomic mass is 10.0. The summed E-state index contributed by atoms with van der Waals surface area (Å²) in [6.07, 6.45) is 1.37. The average Bonchev–Trinajstić information content (AvgIpc) is 2.43. The van der Waals surface area contributed by atoms with Gasteiger partial charge in [-0.15, -0.1) is 0 Å². The van der Waals surface area contributed by atoms with Crippen molar-refractivity contribution in [3.63, 3.8) is 0 Å². The Kier molecular flexibility index (Phi) is 3.70. The van der Waals surface area contributed by atoms with Crippen molar-refractivity contribution in [1.29, 1.82) is 0 Å². The van der Waals surface area contributed by atoms with Crippen molar-refractivity contribution in [1.82, 2.24) is 14.6 Å². The summed E-state index contributed by atoms with van der Waals surface area (Å²) in [5, 5.41) is 2.11. The van der Waals surface area contributed by atoms with E-state index < -0.39 is 33.9 Å². The molecule has 1 aliphatic heterocycles. The van der Waals surface area contributed by atoms with Crippen LogP contribution in [0.25, 0.3) is 0 Å². The van der Waals surface area contributed by atoms with Crippen LogP contribution in [0.1, 0.15) is 13.8 Å². The van der Waals surface area contributed by atoms with E-state index in [1.54, 1.807) is 0 Å². The highest BCUT2D eigenvalue weighted by molar-refractivity contribution is 7.89. The van der Waals surface area contributed by atoms with Gasteiger partial charge in [0.05, 0.1) is 6.54 Å². The second-order valence-electron chi connectivity index (χ2n) is 4.94. The van der Waals surface area contributed by atoms with E-state index >= 15 is 0 Å². The van der Waals surface area contributed by atoms with Gasteiger partial charge in [0.1, 0.15) is 10.4 Å². The average molecular weight is 313 g/mol. The van der Waals surface area contributed by atoms with E-state index in [1.165, 1.54) is 32.2 Å². The maximum atomic E-state index is 12.7. The summed E-state index contributed by atoms with van der Waals surface area (Å²) < 4.78 is 26.3. The summed E-state index contributed by atoms with van der Waals surface area (Å²) in [7, 11) is -4.13. The van der Waals surface area contributed by atoms with Gasteiger partial charge < -0.3 is 5.43 Å². The first-order valence-electron chi connectivity index (χ1n) is 6.00. The van der Waals surface area contributed by atoms with Crippen molar-refractivity contribution in [2.45, 2.75) is 24.3 Å². The minimum atomic E-state index is -4.13. The number of rotatable bonds is 3. The van der Waals surface area contributed by atoms with E-state index in [9.17, 15) is 18.0 Å². The molecular weight excluding hydrogens is 298 g/mol. The van der Waals surface area contributed by atoms with Gasteiger partial charge in [0.2, 0.25) is 21.8 Å². The number of hydrogen-bond donors (Lipinski definition) is 3. The van der Waals surface area contributed by atoms with Gasteiger partial charge in [-0.1, -0.05) is 0 Å². The third kappa shape index (κ3) is 2.48. The second kappa shape index (κ2) is 5.06. The molecule has 21 heavy (non-hydrogen) atoms. The maximum Gasteiger partial charge on any atom is 0.248 e. The SMILES string of the molecule is CC1(C)C(=O)NC(=O)CN1S(=O)(=O)c1cccnc1NN.